The highest BCUT2D eigenvalue weighted by Gasteiger charge is 2.20. The summed E-state index contributed by atoms with van der Waals surface area (Å²) in [5.41, 5.74) is 4.69. The molecule has 7 rings (SSSR count). The van der Waals surface area contributed by atoms with E-state index in [9.17, 15) is 0 Å². The molecule has 32 heavy (non-hydrogen) atoms. The van der Waals surface area contributed by atoms with Gasteiger partial charge in [-0.15, -0.1) is 34.0 Å². The minimum atomic E-state index is 0.425. The second-order valence-electron chi connectivity index (χ2n) is 8.45. The van der Waals surface area contributed by atoms with Crippen LogP contribution in [-0.2, 0) is 0 Å². The highest BCUT2D eigenvalue weighted by molar-refractivity contribution is 7.44. The van der Waals surface area contributed by atoms with Crippen LogP contribution in [0, 0.1) is 0 Å². The zero-order valence-corrected chi connectivity index (χ0v) is 20.0. The fourth-order valence-electron chi connectivity index (χ4n) is 4.74. The van der Waals surface area contributed by atoms with Crippen molar-refractivity contribution in [3.05, 3.63) is 72.6 Å². The van der Waals surface area contributed by atoms with Crippen LogP contribution < -0.4 is 0 Å². The summed E-state index contributed by atoms with van der Waals surface area (Å²) in [5, 5.41) is 5.44. The molecule has 0 amide bonds. The molecule has 4 heterocycles. The Kier molecular flexibility index (Phi) is 3.98. The van der Waals surface area contributed by atoms with Crippen LogP contribution in [0.3, 0.4) is 0 Å². The summed E-state index contributed by atoms with van der Waals surface area (Å²) in [7, 11) is 0. The Labute approximate surface area is 196 Å². The molecule has 0 atom stereocenters. The van der Waals surface area contributed by atoms with Crippen molar-refractivity contribution in [1.29, 1.82) is 0 Å². The molecule has 0 unspecified atom stereocenters. The normalized spacial score (nSPS) is 12.3. The van der Waals surface area contributed by atoms with E-state index in [1.165, 1.54) is 55.5 Å². The molecule has 154 valence electrons. The van der Waals surface area contributed by atoms with Gasteiger partial charge in [-0.3, -0.25) is 0 Å². The molecule has 0 fully saturated rings. The maximum atomic E-state index is 4.78. The second-order valence-corrected chi connectivity index (χ2v) is 11.9. The van der Waals surface area contributed by atoms with E-state index in [0.717, 1.165) is 11.2 Å². The third-order valence-corrected chi connectivity index (χ3v) is 9.77. The average Bonchev–Trinajstić information content (AvgIpc) is 3.47. The fourth-order valence-corrected chi connectivity index (χ4v) is 8.57. The largest absolute Gasteiger partial charge is 0.235 e. The van der Waals surface area contributed by atoms with Gasteiger partial charge in [0.1, 0.15) is 6.33 Å². The summed E-state index contributed by atoms with van der Waals surface area (Å²) in [5.74, 6) is 0.425. The molecule has 7 aromatic rings. The van der Waals surface area contributed by atoms with Crippen molar-refractivity contribution in [2.45, 2.75) is 19.8 Å². The number of thiophene rings is 3. The van der Waals surface area contributed by atoms with Gasteiger partial charge in [-0.05, 0) is 35.7 Å². The number of benzene rings is 3. The standard InChI is InChI=1S/C27H18N2S3/c1-14(2)18-11-15(24-26-25(29-13-28-24)17-8-4-6-10-20(17)30-26)12-21-22(18)23-16-7-3-5-9-19(16)31-27(23)32-21/h3-14H,1-2H3. The first-order valence-corrected chi connectivity index (χ1v) is 13.1. The Morgan fingerprint density at radius 3 is 2.25 bits per heavy atom. The molecule has 0 bridgehead atoms. The van der Waals surface area contributed by atoms with E-state index in [0.29, 0.717) is 5.92 Å². The lowest BCUT2D eigenvalue weighted by molar-refractivity contribution is 0.877. The minimum Gasteiger partial charge on any atom is -0.235 e. The third kappa shape index (κ3) is 2.56. The monoisotopic (exact) mass is 466 g/mol. The van der Waals surface area contributed by atoms with Crippen molar-refractivity contribution >= 4 is 83.9 Å². The first-order valence-electron chi connectivity index (χ1n) is 10.7. The number of rotatable bonds is 2. The van der Waals surface area contributed by atoms with Gasteiger partial charge in [0.05, 0.1) is 19.9 Å². The van der Waals surface area contributed by atoms with E-state index in [4.69, 9.17) is 4.98 Å². The third-order valence-electron chi connectivity index (χ3n) is 6.20. The molecule has 0 spiro atoms. The van der Waals surface area contributed by atoms with Gasteiger partial charge in [0, 0.05) is 41.2 Å². The zero-order chi connectivity index (χ0) is 21.4. The van der Waals surface area contributed by atoms with Gasteiger partial charge in [-0.1, -0.05) is 50.2 Å². The van der Waals surface area contributed by atoms with Crippen molar-refractivity contribution in [3.63, 3.8) is 0 Å². The van der Waals surface area contributed by atoms with E-state index in [1.807, 2.05) is 22.7 Å². The Hall–Kier alpha value is -2.86. The quantitative estimate of drug-likeness (QED) is 0.254. The predicted octanol–water partition coefficient (Wildman–Crippen LogP) is 9.22. The maximum Gasteiger partial charge on any atom is 0.116 e. The topological polar surface area (TPSA) is 25.8 Å². The van der Waals surface area contributed by atoms with Gasteiger partial charge in [-0.2, -0.15) is 0 Å². The van der Waals surface area contributed by atoms with Gasteiger partial charge in [0.2, 0.25) is 0 Å². The maximum absolute atomic E-state index is 4.78. The van der Waals surface area contributed by atoms with Gasteiger partial charge in [0.15, 0.2) is 0 Å². The van der Waals surface area contributed by atoms with Crippen LogP contribution in [0.5, 0.6) is 0 Å². The first-order chi connectivity index (χ1) is 15.7. The highest BCUT2D eigenvalue weighted by Crippen LogP contribution is 2.48. The smallest absolute Gasteiger partial charge is 0.116 e. The number of nitrogens with zero attached hydrogens (tertiary/aromatic N) is 2. The SMILES string of the molecule is CC(C)c1cc(-c2ncnc3c2sc2ccccc23)cc2sc3sc4ccccc4c3c12. The summed E-state index contributed by atoms with van der Waals surface area (Å²) in [4.78, 5) is 9.42. The molecule has 2 nitrogen and oxygen atoms in total. The van der Waals surface area contributed by atoms with Crippen molar-refractivity contribution in [3.8, 4) is 11.3 Å². The Balaban J connectivity index is 1.58. The fraction of sp³-hybridized carbons (Fsp3) is 0.111. The van der Waals surface area contributed by atoms with E-state index in [-0.39, 0.29) is 0 Å². The molecule has 3 aromatic carbocycles. The summed E-state index contributed by atoms with van der Waals surface area (Å²) >= 11 is 5.62. The lowest BCUT2D eigenvalue weighted by atomic mass is 9.94. The van der Waals surface area contributed by atoms with E-state index < -0.39 is 0 Å². The molecule has 0 N–H and O–H groups in total. The van der Waals surface area contributed by atoms with Crippen LogP contribution in [0.15, 0.2) is 67.0 Å². The molecular formula is C27H18N2S3. The van der Waals surface area contributed by atoms with Gasteiger partial charge in [0.25, 0.3) is 0 Å². The molecule has 0 aliphatic heterocycles. The molecule has 0 saturated carbocycles. The first kappa shape index (κ1) is 18.7. The Morgan fingerprint density at radius 1 is 0.719 bits per heavy atom. The Bertz CT molecular complexity index is 1820. The molecule has 0 aliphatic rings. The van der Waals surface area contributed by atoms with Crippen LogP contribution in [-0.4, -0.2) is 9.97 Å². The molecule has 5 heteroatoms. The summed E-state index contributed by atoms with van der Waals surface area (Å²) in [6.07, 6.45) is 1.72. The second kappa shape index (κ2) is 6.82. The van der Waals surface area contributed by atoms with Crippen molar-refractivity contribution in [2.75, 3.05) is 0 Å². The molecule has 0 radical (unpaired) electrons. The molecular weight excluding hydrogens is 449 g/mol. The summed E-state index contributed by atoms with van der Waals surface area (Å²) < 4.78 is 6.57. The van der Waals surface area contributed by atoms with Gasteiger partial charge < -0.3 is 0 Å². The molecule has 0 saturated heterocycles. The average molecular weight is 467 g/mol. The number of hydrogen-bond acceptors (Lipinski definition) is 5. The Morgan fingerprint density at radius 2 is 1.44 bits per heavy atom. The molecule has 0 aliphatic carbocycles. The van der Waals surface area contributed by atoms with Crippen molar-refractivity contribution < 1.29 is 0 Å². The van der Waals surface area contributed by atoms with Crippen LogP contribution in [0.1, 0.15) is 25.3 Å². The van der Waals surface area contributed by atoms with E-state index in [2.05, 4.69) is 79.5 Å². The minimum absolute atomic E-state index is 0.425. The lowest BCUT2D eigenvalue weighted by Crippen LogP contribution is -1.92. The van der Waals surface area contributed by atoms with Crippen LogP contribution in [0.4, 0.5) is 0 Å². The number of hydrogen-bond donors (Lipinski definition) is 0. The van der Waals surface area contributed by atoms with Crippen molar-refractivity contribution in [1.82, 2.24) is 9.97 Å². The lowest BCUT2D eigenvalue weighted by Gasteiger charge is -2.12. The van der Waals surface area contributed by atoms with E-state index >= 15 is 0 Å². The van der Waals surface area contributed by atoms with Crippen LogP contribution in [0.25, 0.3) is 61.1 Å². The van der Waals surface area contributed by atoms with E-state index in [1.54, 1.807) is 17.7 Å². The van der Waals surface area contributed by atoms with Crippen molar-refractivity contribution in [2.24, 2.45) is 0 Å². The number of fused-ring (bicyclic) bond motifs is 8. The zero-order valence-electron chi connectivity index (χ0n) is 17.5. The highest BCUT2D eigenvalue weighted by atomic mass is 32.2. The molecule has 4 aromatic heterocycles. The summed E-state index contributed by atoms with van der Waals surface area (Å²) in [6, 6.07) is 22.0. The van der Waals surface area contributed by atoms with Crippen LogP contribution in [0.2, 0.25) is 0 Å². The van der Waals surface area contributed by atoms with Gasteiger partial charge in [-0.25, -0.2) is 9.97 Å². The summed E-state index contributed by atoms with van der Waals surface area (Å²) in [6.45, 7) is 4.59. The predicted molar refractivity (Wildman–Crippen MR) is 143 cm³/mol. The van der Waals surface area contributed by atoms with Crippen LogP contribution >= 0.6 is 34.0 Å². The van der Waals surface area contributed by atoms with Gasteiger partial charge >= 0.3 is 0 Å². The number of aromatic nitrogens is 2.